The van der Waals surface area contributed by atoms with Crippen LogP contribution in [0.15, 0.2) is 0 Å². The fourth-order valence-corrected chi connectivity index (χ4v) is 0.873. The summed E-state index contributed by atoms with van der Waals surface area (Å²) in [4.78, 5) is 0. The number of hydrogen-bond acceptors (Lipinski definition) is 2. The van der Waals surface area contributed by atoms with Crippen LogP contribution in [-0.4, -0.2) is 19.6 Å². The molecule has 3 N–H and O–H groups in total. The first-order chi connectivity index (χ1) is 4.91. The third-order valence-corrected chi connectivity index (χ3v) is 1.48. The van der Waals surface area contributed by atoms with Crippen molar-refractivity contribution in [3.63, 3.8) is 0 Å². The lowest BCUT2D eigenvalue weighted by molar-refractivity contribution is 0.609. The Balaban J connectivity index is 2.65. The van der Waals surface area contributed by atoms with Crippen molar-refractivity contribution >= 4 is 0 Å². The second-order valence-electron chi connectivity index (χ2n) is 2.45. The maximum absolute atomic E-state index is 5.34. The second-order valence-corrected chi connectivity index (χ2v) is 2.45. The Morgan fingerprint density at radius 2 is 1.80 bits per heavy atom. The molecule has 0 aliphatic rings. The maximum Gasteiger partial charge on any atom is -0.00484 e. The molecule has 0 rings (SSSR count). The molecule has 2 nitrogen and oxygen atoms in total. The van der Waals surface area contributed by atoms with Gasteiger partial charge in [-0.15, -0.1) is 0 Å². The summed E-state index contributed by atoms with van der Waals surface area (Å²) in [6, 6.07) is 0. The van der Waals surface area contributed by atoms with E-state index in [1.165, 1.54) is 25.7 Å². The largest absolute Gasteiger partial charge is 0.330 e. The first-order valence-corrected chi connectivity index (χ1v) is 4.12. The lowest BCUT2D eigenvalue weighted by Gasteiger charge is -1.99. The average Bonchev–Trinajstić information content (AvgIpc) is 1.97. The van der Waals surface area contributed by atoms with Crippen molar-refractivity contribution < 1.29 is 0 Å². The van der Waals surface area contributed by atoms with Gasteiger partial charge in [-0.25, -0.2) is 0 Å². The molecule has 0 fully saturated rings. The topological polar surface area (TPSA) is 38.0 Å². The molecule has 0 saturated carbocycles. The quantitative estimate of drug-likeness (QED) is 0.520. The highest BCUT2D eigenvalue weighted by molar-refractivity contribution is 4.49. The molecule has 0 bridgehead atoms. The van der Waals surface area contributed by atoms with E-state index in [4.69, 9.17) is 5.73 Å². The summed E-state index contributed by atoms with van der Waals surface area (Å²) in [5.74, 6) is 0. The van der Waals surface area contributed by atoms with Crippen LogP contribution in [-0.2, 0) is 0 Å². The number of unbranched alkanes of at least 4 members (excludes halogenated alkanes) is 3. The first kappa shape index (κ1) is 9.92. The van der Waals surface area contributed by atoms with Crippen molar-refractivity contribution in [2.75, 3.05) is 19.6 Å². The van der Waals surface area contributed by atoms with Gasteiger partial charge in [0.1, 0.15) is 0 Å². The molecule has 0 aromatic heterocycles. The van der Waals surface area contributed by atoms with Crippen LogP contribution in [0, 0.1) is 6.92 Å². The van der Waals surface area contributed by atoms with Crippen molar-refractivity contribution in [2.45, 2.75) is 25.7 Å². The minimum atomic E-state index is 0.836. The molecule has 61 valence electrons. The standard InChI is InChI=1S/C8H19N2/c1-2-10-8-6-4-3-5-7-9/h10H,1-9H2. The summed E-state index contributed by atoms with van der Waals surface area (Å²) < 4.78 is 0. The summed E-state index contributed by atoms with van der Waals surface area (Å²) in [6.45, 7) is 6.47. The van der Waals surface area contributed by atoms with Crippen LogP contribution in [0.1, 0.15) is 25.7 Å². The van der Waals surface area contributed by atoms with E-state index < -0.39 is 0 Å². The van der Waals surface area contributed by atoms with Gasteiger partial charge >= 0.3 is 0 Å². The van der Waals surface area contributed by atoms with E-state index >= 15 is 0 Å². The van der Waals surface area contributed by atoms with Crippen LogP contribution in [0.25, 0.3) is 0 Å². The Hall–Kier alpha value is -0.0800. The molecule has 0 aliphatic carbocycles. The van der Waals surface area contributed by atoms with Crippen molar-refractivity contribution in [3.05, 3.63) is 6.92 Å². The minimum absolute atomic E-state index is 0.836. The summed E-state index contributed by atoms with van der Waals surface area (Å²) in [7, 11) is 0. The van der Waals surface area contributed by atoms with E-state index in [-0.39, 0.29) is 0 Å². The normalized spacial score (nSPS) is 10.2. The molecule has 1 radical (unpaired) electrons. The van der Waals surface area contributed by atoms with Gasteiger partial charge in [0, 0.05) is 0 Å². The Bertz CT molecular complexity index is 47.2. The zero-order chi connectivity index (χ0) is 7.66. The van der Waals surface area contributed by atoms with Crippen LogP contribution in [0.3, 0.4) is 0 Å². The van der Waals surface area contributed by atoms with E-state index in [9.17, 15) is 0 Å². The Kier molecular flexibility index (Phi) is 8.85. The third kappa shape index (κ3) is 7.92. The van der Waals surface area contributed by atoms with E-state index in [0.717, 1.165) is 19.6 Å². The second kappa shape index (κ2) is 8.92. The molecular formula is C8H19N2. The van der Waals surface area contributed by atoms with Crippen molar-refractivity contribution in [1.29, 1.82) is 0 Å². The molecule has 2 heteroatoms. The Morgan fingerprint density at radius 1 is 1.10 bits per heavy atom. The molecule has 0 saturated heterocycles. The van der Waals surface area contributed by atoms with Crippen LogP contribution < -0.4 is 11.1 Å². The van der Waals surface area contributed by atoms with Gasteiger partial charge in [-0.05, 0) is 39.4 Å². The number of nitrogens with one attached hydrogen (secondary N) is 1. The number of nitrogens with two attached hydrogens (primary N) is 1. The van der Waals surface area contributed by atoms with E-state index in [0.29, 0.717) is 0 Å². The summed E-state index contributed by atoms with van der Waals surface area (Å²) >= 11 is 0. The van der Waals surface area contributed by atoms with Crippen molar-refractivity contribution in [1.82, 2.24) is 5.32 Å². The molecule has 10 heavy (non-hydrogen) atoms. The van der Waals surface area contributed by atoms with Gasteiger partial charge in [0.25, 0.3) is 0 Å². The van der Waals surface area contributed by atoms with Gasteiger partial charge < -0.3 is 11.1 Å². The van der Waals surface area contributed by atoms with Crippen molar-refractivity contribution in [2.24, 2.45) is 5.73 Å². The average molecular weight is 143 g/mol. The van der Waals surface area contributed by atoms with Crippen LogP contribution >= 0.6 is 0 Å². The fourth-order valence-electron chi connectivity index (χ4n) is 0.873. The zero-order valence-corrected chi connectivity index (χ0v) is 6.73. The molecule has 0 unspecified atom stereocenters. The summed E-state index contributed by atoms with van der Waals surface area (Å²) in [5.41, 5.74) is 5.34. The molecule has 0 aromatic carbocycles. The Morgan fingerprint density at radius 3 is 2.40 bits per heavy atom. The van der Waals surface area contributed by atoms with E-state index in [2.05, 4.69) is 12.2 Å². The lowest BCUT2D eigenvalue weighted by Crippen LogP contribution is -2.14. The predicted octanol–water partition coefficient (Wildman–Crippen LogP) is 0.929. The molecule has 0 atom stereocenters. The molecule has 0 amide bonds. The highest BCUT2D eigenvalue weighted by Gasteiger charge is 1.86. The summed E-state index contributed by atoms with van der Waals surface area (Å²) in [5, 5.41) is 3.18. The molecule has 0 heterocycles. The number of rotatable bonds is 7. The van der Waals surface area contributed by atoms with E-state index in [1.807, 2.05) is 0 Å². The highest BCUT2D eigenvalue weighted by Crippen LogP contribution is 1.96. The molecule has 0 spiro atoms. The monoisotopic (exact) mass is 143 g/mol. The summed E-state index contributed by atoms with van der Waals surface area (Å²) in [6.07, 6.45) is 5.00. The molecule has 0 aromatic rings. The lowest BCUT2D eigenvalue weighted by atomic mass is 10.2. The SMILES string of the molecule is [CH2]CNCCCCCCN. The smallest absolute Gasteiger partial charge is 0.00484 e. The van der Waals surface area contributed by atoms with Gasteiger partial charge in [0.15, 0.2) is 0 Å². The van der Waals surface area contributed by atoms with Crippen LogP contribution in [0.5, 0.6) is 0 Å². The minimum Gasteiger partial charge on any atom is -0.330 e. The van der Waals surface area contributed by atoms with Gasteiger partial charge in [-0.3, -0.25) is 0 Å². The van der Waals surface area contributed by atoms with Gasteiger partial charge in [0.2, 0.25) is 0 Å². The Labute approximate surface area is 64.2 Å². The molecular weight excluding hydrogens is 124 g/mol. The van der Waals surface area contributed by atoms with Gasteiger partial charge in [0.05, 0.1) is 0 Å². The van der Waals surface area contributed by atoms with Crippen molar-refractivity contribution in [3.8, 4) is 0 Å². The molecule has 0 aliphatic heterocycles. The zero-order valence-electron chi connectivity index (χ0n) is 6.73. The van der Waals surface area contributed by atoms with Gasteiger partial charge in [-0.1, -0.05) is 12.8 Å². The van der Waals surface area contributed by atoms with Crippen LogP contribution in [0.4, 0.5) is 0 Å². The number of hydrogen-bond donors (Lipinski definition) is 2. The predicted molar refractivity (Wildman–Crippen MR) is 45.7 cm³/mol. The third-order valence-electron chi connectivity index (χ3n) is 1.48. The first-order valence-electron chi connectivity index (χ1n) is 4.12. The maximum atomic E-state index is 5.34. The fraction of sp³-hybridized carbons (Fsp3) is 0.875. The van der Waals surface area contributed by atoms with E-state index in [1.54, 1.807) is 0 Å². The highest BCUT2D eigenvalue weighted by atomic mass is 14.8. The van der Waals surface area contributed by atoms with Gasteiger partial charge in [-0.2, -0.15) is 0 Å². The van der Waals surface area contributed by atoms with Crippen LogP contribution in [0.2, 0.25) is 0 Å².